The molecule has 1 heteroatoms. The van der Waals surface area contributed by atoms with Gasteiger partial charge in [-0.15, -0.1) is 0 Å². The van der Waals surface area contributed by atoms with E-state index in [1.165, 1.54) is 63.4 Å². The minimum absolute atomic E-state index is 0.767. The summed E-state index contributed by atoms with van der Waals surface area (Å²) < 4.78 is 0. The number of carbonyl (C=O) groups is 1. The maximum Gasteiger partial charge on any atom is 0.145 e. The quantitative estimate of drug-likeness (QED) is 0.623. The van der Waals surface area contributed by atoms with Crippen molar-refractivity contribution >= 4 is 6.29 Å². The molecule has 0 aromatic carbocycles. The third-order valence-electron chi connectivity index (χ3n) is 4.04. The minimum Gasteiger partial charge on any atom is -0.298 e. The Morgan fingerprint density at radius 3 is 2.20 bits per heavy atom. The van der Waals surface area contributed by atoms with Crippen LogP contribution in [0.25, 0.3) is 0 Å². The molecule has 0 atom stereocenters. The molecule has 2 aliphatic rings. The number of rotatable bonds is 2. The summed E-state index contributed by atoms with van der Waals surface area (Å²) in [6.45, 7) is 0. The minimum atomic E-state index is 0.767. The predicted molar refractivity (Wildman–Crippen MR) is 62.8 cm³/mol. The van der Waals surface area contributed by atoms with Crippen LogP contribution in [0.1, 0.15) is 64.2 Å². The first-order valence-corrected chi connectivity index (χ1v) is 6.59. The summed E-state index contributed by atoms with van der Waals surface area (Å²) in [4.78, 5) is 11.1. The summed E-state index contributed by atoms with van der Waals surface area (Å²) >= 11 is 0. The van der Waals surface area contributed by atoms with Crippen LogP contribution in [-0.4, -0.2) is 6.29 Å². The van der Waals surface area contributed by atoms with Gasteiger partial charge in [0.15, 0.2) is 0 Å². The largest absolute Gasteiger partial charge is 0.298 e. The molecule has 0 radical (unpaired) electrons. The molecule has 0 heterocycles. The van der Waals surface area contributed by atoms with Crippen molar-refractivity contribution in [3.05, 3.63) is 11.1 Å². The maximum absolute atomic E-state index is 11.1. The van der Waals surface area contributed by atoms with Crippen LogP contribution in [0.15, 0.2) is 11.1 Å². The molecular formula is C14H22O. The van der Waals surface area contributed by atoms with E-state index in [9.17, 15) is 4.79 Å². The lowest BCUT2D eigenvalue weighted by atomic mass is 9.85. The molecule has 1 saturated carbocycles. The van der Waals surface area contributed by atoms with Crippen LogP contribution >= 0.6 is 0 Å². The molecule has 0 saturated heterocycles. The summed E-state index contributed by atoms with van der Waals surface area (Å²) in [7, 11) is 0. The fraction of sp³-hybridized carbons (Fsp3) is 0.786. The summed E-state index contributed by atoms with van der Waals surface area (Å²) in [5.74, 6) is 0.767. The Hall–Kier alpha value is -0.590. The highest BCUT2D eigenvalue weighted by Crippen LogP contribution is 2.37. The number of hydrogen-bond acceptors (Lipinski definition) is 1. The van der Waals surface area contributed by atoms with Gasteiger partial charge in [0.25, 0.3) is 0 Å². The Labute approximate surface area is 92.9 Å². The highest BCUT2D eigenvalue weighted by atomic mass is 16.1. The third kappa shape index (κ3) is 2.70. The predicted octanol–water partition coefficient (Wildman–Crippen LogP) is 4.03. The van der Waals surface area contributed by atoms with E-state index in [0.717, 1.165) is 18.6 Å². The van der Waals surface area contributed by atoms with E-state index in [1.54, 1.807) is 5.57 Å². The Morgan fingerprint density at radius 1 is 0.867 bits per heavy atom. The van der Waals surface area contributed by atoms with Crippen molar-refractivity contribution < 1.29 is 4.79 Å². The zero-order valence-corrected chi connectivity index (χ0v) is 9.63. The second-order valence-corrected chi connectivity index (χ2v) is 5.06. The second-order valence-electron chi connectivity index (χ2n) is 5.06. The fourth-order valence-corrected chi connectivity index (χ4v) is 3.18. The highest BCUT2D eigenvalue weighted by Gasteiger charge is 2.22. The molecule has 0 aromatic rings. The Bertz CT molecular complexity index is 246. The maximum atomic E-state index is 11.1. The first-order valence-electron chi connectivity index (χ1n) is 6.59. The molecular weight excluding hydrogens is 184 g/mol. The van der Waals surface area contributed by atoms with Gasteiger partial charge in [-0.2, -0.15) is 0 Å². The van der Waals surface area contributed by atoms with Gasteiger partial charge in [0, 0.05) is 0 Å². The van der Waals surface area contributed by atoms with Crippen LogP contribution in [-0.2, 0) is 4.79 Å². The third-order valence-corrected chi connectivity index (χ3v) is 4.04. The summed E-state index contributed by atoms with van der Waals surface area (Å²) in [5.41, 5.74) is 2.71. The smallest absolute Gasteiger partial charge is 0.145 e. The molecule has 2 rings (SSSR count). The van der Waals surface area contributed by atoms with Crippen LogP contribution in [0.3, 0.4) is 0 Å². The molecule has 0 aromatic heterocycles. The monoisotopic (exact) mass is 206 g/mol. The van der Waals surface area contributed by atoms with Crippen molar-refractivity contribution in [1.29, 1.82) is 0 Å². The van der Waals surface area contributed by atoms with Gasteiger partial charge in [-0.05, 0) is 50.0 Å². The van der Waals surface area contributed by atoms with E-state index in [1.807, 2.05) is 0 Å². The molecule has 0 N–H and O–H groups in total. The van der Waals surface area contributed by atoms with Crippen LogP contribution in [0.4, 0.5) is 0 Å². The lowest BCUT2D eigenvalue weighted by molar-refractivity contribution is -0.105. The average Bonchev–Trinajstić information content (AvgIpc) is 2.71. The van der Waals surface area contributed by atoms with E-state index in [0.29, 0.717) is 0 Å². The summed E-state index contributed by atoms with van der Waals surface area (Å²) in [6.07, 6.45) is 14.1. The highest BCUT2D eigenvalue weighted by molar-refractivity contribution is 5.74. The van der Waals surface area contributed by atoms with Crippen molar-refractivity contribution in [3.63, 3.8) is 0 Å². The van der Waals surface area contributed by atoms with Crippen molar-refractivity contribution in [3.8, 4) is 0 Å². The first-order chi connectivity index (χ1) is 7.42. The Kier molecular flexibility index (Phi) is 3.99. The molecule has 15 heavy (non-hydrogen) atoms. The van der Waals surface area contributed by atoms with Crippen molar-refractivity contribution in [2.45, 2.75) is 64.2 Å². The van der Waals surface area contributed by atoms with Gasteiger partial charge >= 0.3 is 0 Å². The number of allylic oxidation sites excluding steroid dienone is 2. The zero-order chi connectivity index (χ0) is 10.5. The van der Waals surface area contributed by atoms with Gasteiger partial charge in [-0.3, -0.25) is 4.79 Å². The van der Waals surface area contributed by atoms with E-state index in [-0.39, 0.29) is 0 Å². The van der Waals surface area contributed by atoms with Gasteiger partial charge in [0.05, 0.1) is 0 Å². The molecule has 0 amide bonds. The van der Waals surface area contributed by atoms with Gasteiger partial charge in [-0.1, -0.05) is 31.3 Å². The average molecular weight is 206 g/mol. The van der Waals surface area contributed by atoms with Crippen LogP contribution in [0.2, 0.25) is 0 Å². The first kappa shape index (κ1) is 10.9. The van der Waals surface area contributed by atoms with E-state index >= 15 is 0 Å². The Balaban J connectivity index is 2.14. The van der Waals surface area contributed by atoms with Crippen molar-refractivity contribution in [2.24, 2.45) is 5.92 Å². The SMILES string of the molecule is O=CC1=C(C2CCCC2)CCCCCC1. The lowest BCUT2D eigenvalue weighted by Gasteiger charge is -2.20. The van der Waals surface area contributed by atoms with E-state index in [2.05, 4.69) is 0 Å². The topological polar surface area (TPSA) is 17.1 Å². The molecule has 0 spiro atoms. The molecule has 1 nitrogen and oxygen atoms in total. The molecule has 1 fully saturated rings. The second kappa shape index (κ2) is 5.48. The number of aldehydes is 1. The van der Waals surface area contributed by atoms with Gasteiger partial charge in [0.1, 0.15) is 6.29 Å². The molecule has 84 valence electrons. The Morgan fingerprint density at radius 2 is 1.53 bits per heavy atom. The fourth-order valence-electron chi connectivity index (χ4n) is 3.18. The van der Waals surface area contributed by atoms with Crippen LogP contribution < -0.4 is 0 Å². The zero-order valence-electron chi connectivity index (χ0n) is 9.63. The summed E-state index contributed by atoms with van der Waals surface area (Å²) in [5, 5.41) is 0. The number of carbonyl (C=O) groups excluding carboxylic acids is 1. The molecule has 2 aliphatic carbocycles. The van der Waals surface area contributed by atoms with Gasteiger partial charge < -0.3 is 0 Å². The van der Waals surface area contributed by atoms with E-state index < -0.39 is 0 Å². The standard InChI is InChI=1S/C14H22O/c15-11-13-9-3-1-2-4-10-14(13)12-7-5-6-8-12/h11-12H,1-10H2. The van der Waals surface area contributed by atoms with Gasteiger partial charge in [0.2, 0.25) is 0 Å². The molecule has 0 bridgehead atoms. The lowest BCUT2D eigenvalue weighted by Crippen LogP contribution is -2.06. The number of hydrogen-bond donors (Lipinski definition) is 0. The summed E-state index contributed by atoms with van der Waals surface area (Å²) in [6, 6.07) is 0. The van der Waals surface area contributed by atoms with Crippen molar-refractivity contribution in [2.75, 3.05) is 0 Å². The normalized spacial score (nSPS) is 25.1. The van der Waals surface area contributed by atoms with E-state index in [4.69, 9.17) is 0 Å². The van der Waals surface area contributed by atoms with Crippen molar-refractivity contribution in [1.82, 2.24) is 0 Å². The molecule has 0 aliphatic heterocycles. The van der Waals surface area contributed by atoms with Crippen LogP contribution in [0, 0.1) is 5.92 Å². The molecule has 0 unspecified atom stereocenters. The van der Waals surface area contributed by atoms with Crippen LogP contribution in [0.5, 0.6) is 0 Å². The van der Waals surface area contributed by atoms with Gasteiger partial charge in [-0.25, -0.2) is 0 Å².